The lowest BCUT2D eigenvalue weighted by atomic mass is 10.0. The van der Waals surface area contributed by atoms with Crippen LogP contribution in [0.3, 0.4) is 0 Å². The molecule has 2 rings (SSSR count). The minimum atomic E-state index is -4.90. The van der Waals surface area contributed by atoms with E-state index >= 15 is 0 Å². The number of hydrogen-bond acceptors (Lipinski definition) is 4. The smallest absolute Gasteiger partial charge is 0.405 e. The van der Waals surface area contributed by atoms with Crippen LogP contribution in [0.15, 0.2) is 24.3 Å². The van der Waals surface area contributed by atoms with Crippen LogP contribution in [0, 0.1) is 5.92 Å². The molecule has 1 saturated heterocycles. The van der Waals surface area contributed by atoms with Gasteiger partial charge in [-0.3, -0.25) is 4.79 Å². The van der Waals surface area contributed by atoms with Crippen molar-refractivity contribution >= 4 is 11.9 Å². The molecule has 3 amide bonds. The van der Waals surface area contributed by atoms with Gasteiger partial charge in [0.05, 0.1) is 11.6 Å². The van der Waals surface area contributed by atoms with Crippen LogP contribution < -0.4 is 15.4 Å². The molecule has 2 atom stereocenters. The van der Waals surface area contributed by atoms with Crippen molar-refractivity contribution in [3.05, 3.63) is 29.8 Å². The maximum Gasteiger partial charge on any atom is 0.573 e. The molecular weight excluding hydrogens is 365 g/mol. The number of likely N-dealkylation sites (tertiary alicyclic amines) is 1. The molecule has 1 aliphatic heterocycles. The third kappa shape index (κ3) is 5.75. The number of hydrogen-bond donors (Lipinski definition) is 2. The first-order valence-corrected chi connectivity index (χ1v) is 8.37. The molecule has 0 bridgehead atoms. The molecule has 1 fully saturated rings. The number of benzene rings is 1. The zero-order chi connectivity index (χ0) is 20.2. The molecular formula is C17H23F3N4O3. The molecule has 0 saturated carbocycles. The molecule has 0 aromatic heterocycles. The van der Waals surface area contributed by atoms with E-state index in [1.807, 2.05) is 19.0 Å². The maximum absolute atomic E-state index is 12.6. The van der Waals surface area contributed by atoms with E-state index in [0.717, 1.165) is 6.07 Å². The highest BCUT2D eigenvalue weighted by atomic mass is 19.4. The summed E-state index contributed by atoms with van der Waals surface area (Å²) >= 11 is 0. The van der Waals surface area contributed by atoms with Crippen LogP contribution >= 0.6 is 0 Å². The predicted molar refractivity (Wildman–Crippen MR) is 92.5 cm³/mol. The molecule has 0 aliphatic carbocycles. The maximum atomic E-state index is 12.6. The number of nitrogens with zero attached hydrogens (tertiary/aromatic N) is 2. The lowest BCUT2D eigenvalue weighted by Gasteiger charge is -2.23. The minimum absolute atomic E-state index is 0.0584. The van der Waals surface area contributed by atoms with E-state index in [4.69, 9.17) is 0 Å². The summed E-state index contributed by atoms with van der Waals surface area (Å²) in [6, 6.07) is 4.51. The van der Waals surface area contributed by atoms with Gasteiger partial charge in [-0.25, -0.2) is 4.79 Å². The fraction of sp³-hybridized carbons (Fsp3) is 0.529. The van der Waals surface area contributed by atoms with Crippen molar-refractivity contribution in [3.8, 4) is 5.75 Å². The normalized spacial score (nSPS) is 19.9. The van der Waals surface area contributed by atoms with Gasteiger partial charge in [0.15, 0.2) is 0 Å². The molecule has 27 heavy (non-hydrogen) atoms. The quantitative estimate of drug-likeness (QED) is 0.802. The summed E-state index contributed by atoms with van der Waals surface area (Å²) < 4.78 is 41.6. The van der Waals surface area contributed by atoms with Gasteiger partial charge in [-0.2, -0.15) is 0 Å². The molecule has 7 nitrogen and oxygen atoms in total. The predicted octanol–water partition coefficient (Wildman–Crippen LogP) is 1.52. The minimum Gasteiger partial charge on any atom is -0.405 e. The topological polar surface area (TPSA) is 73.9 Å². The van der Waals surface area contributed by atoms with Gasteiger partial charge in [0.1, 0.15) is 5.75 Å². The SMILES string of the molecule is CNC(=O)N1CC(CN(C)C)C(NC(=O)c2ccccc2OC(F)(F)F)C1. The third-order valence-corrected chi connectivity index (χ3v) is 4.22. The van der Waals surface area contributed by atoms with E-state index in [-0.39, 0.29) is 24.1 Å². The number of carbonyl (C=O) groups excluding carboxylic acids is 2. The molecule has 1 heterocycles. The second-order valence-electron chi connectivity index (χ2n) is 6.61. The summed E-state index contributed by atoms with van der Waals surface area (Å²) in [6.07, 6.45) is -4.90. The number of halogens is 3. The van der Waals surface area contributed by atoms with Crippen molar-refractivity contribution in [1.29, 1.82) is 0 Å². The van der Waals surface area contributed by atoms with E-state index in [9.17, 15) is 22.8 Å². The molecule has 1 aromatic rings. The monoisotopic (exact) mass is 388 g/mol. The van der Waals surface area contributed by atoms with Crippen LogP contribution in [0.2, 0.25) is 0 Å². The number of ether oxygens (including phenoxy) is 1. The first kappa shape index (κ1) is 20.8. The van der Waals surface area contributed by atoms with Crippen LogP contribution in [0.4, 0.5) is 18.0 Å². The van der Waals surface area contributed by atoms with Gasteiger partial charge in [0.2, 0.25) is 0 Å². The number of rotatable bonds is 5. The van der Waals surface area contributed by atoms with Gasteiger partial charge < -0.3 is 25.2 Å². The Morgan fingerprint density at radius 2 is 1.93 bits per heavy atom. The van der Waals surface area contributed by atoms with Gasteiger partial charge in [-0.1, -0.05) is 12.1 Å². The van der Waals surface area contributed by atoms with Crippen molar-refractivity contribution in [2.45, 2.75) is 12.4 Å². The van der Waals surface area contributed by atoms with Crippen LogP contribution in [-0.2, 0) is 0 Å². The number of amides is 3. The summed E-state index contributed by atoms with van der Waals surface area (Å²) in [6.45, 7) is 1.31. The summed E-state index contributed by atoms with van der Waals surface area (Å²) in [7, 11) is 5.25. The number of para-hydroxylation sites is 1. The average molecular weight is 388 g/mol. The summed E-state index contributed by atoms with van der Waals surface area (Å²) in [5.41, 5.74) is -0.211. The Morgan fingerprint density at radius 1 is 1.26 bits per heavy atom. The second-order valence-corrected chi connectivity index (χ2v) is 6.61. The number of urea groups is 1. The number of nitrogens with one attached hydrogen (secondary N) is 2. The number of carbonyl (C=O) groups is 2. The summed E-state index contributed by atoms with van der Waals surface area (Å²) in [5.74, 6) is -1.30. The van der Waals surface area contributed by atoms with Gasteiger partial charge in [0.25, 0.3) is 5.91 Å². The Labute approximate surface area is 155 Å². The highest BCUT2D eigenvalue weighted by molar-refractivity contribution is 5.97. The van der Waals surface area contributed by atoms with Gasteiger partial charge in [0, 0.05) is 32.6 Å². The zero-order valence-electron chi connectivity index (χ0n) is 15.3. The summed E-state index contributed by atoms with van der Waals surface area (Å²) in [4.78, 5) is 28.0. The highest BCUT2D eigenvalue weighted by Gasteiger charge is 2.37. The van der Waals surface area contributed by atoms with Gasteiger partial charge >= 0.3 is 12.4 Å². The summed E-state index contributed by atoms with van der Waals surface area (Å²) in [5, 5.41) is 5.29. The Balaban J connectivity index is 2.16. The van der Waals surface area contributed by atoms with Crippen molar-refractivity contribution < 1.29 is 27.5 Å². The van der Waals surface area contributed by atoms with Crippen LogP contribution in [0.5, 0.6) is 5.75 Å². The van der Waals surface area contributed by atoms with E-state index in [2.05, 4.69) is 15.4 Å². The van der Waals surface area contributed by atoms with E-state index < -0.39 is 24.1 Å². The van der Waals surface area contributed by atoms with E-state index in [0.29, 0.717) is 13.1 Å². The fourth-order valence-electron chi connectivity index (χ4n) is 3.13. The van der Waals surface area contributed by atoms with Crippen LogP contribution in [0.25, 0.3) is 0 Å². The second kappa shape index (κ2) is 8.47. The molecule has 2 unspecified atom stereocenters. The Hall–Kier alpha value is -2.49. The molecule has 2 N–H and O–H groups in total. The molecule has 0 spiro atoms. The van der Waals surface area contributed by atoms with Crippen molar-refractivity contribution in [3.63, 3.8) is 0 Å². The largest absolute Gasteiger partial charge is 0.573 e. The molecule has 0 radical (unpaired) electrons. The first-order valence-electron chi connectivity index (χ1n) is 8.37. The van der Waals surface area contributed by atoms with Gasteiger partial charge in [-0.15, -0.1) is 13.2 Å². The van der Waals surface area contributed by atoms with E-state index in [1.54, 1.807) is 4.90 Å². The van der Waals surface area contributed by atoms with Crippen molar-refractivity contribution in [2.24, 2.45) is 5.92 Å². The number of alkyl halides is 3. The average Bonchev–Trinajstić information content (AvgIpc) is 2.95. The Kier molecular flexibility index (Phi) is 6.53. The van der Waals surface area contributed by atoms with Crippen molar-refractivity contribution in [1.82, 2.24) is 20.4 Å². The Bertz CT molecular complexity index is 682. The van der Waals surface area contributed by atoms with Crippen LogP contribution in [-0.4, -0.2) is 74.9 Å². The van der Waals surface area contributed by atoms with Crippen LogP contribution in [0.1, 0.15) is 10.4 Å². The standard InChI is InChI=1S/C17H23F3N4O3/c1-21-16(26)24-9-11(8-23(2)3)13(10-24)22-15(25)12-6-4-5-7-14(12)27-17(18,19)20/h4-7,11,13H,8-10H2,1-3H3,(H,21,26)(H,22,25). The first-order chi connectivity index (χ1) is 12.6. The molecule has 1 aliphatic rings. The van der Waals surface area contributed by atoms with Crippen molar-refractivity contribution in [2.75, 3.05) is 40.8 Å². The van der Waals surface area contributed by atoms with E-state index in [1.165, 1.54) is 25.2 Å². The van der Waals surface area contributed by atoms with Gasteiger partial charge in [-0.05, 0) is 26.2 Å². The highest BCUT2D eigenvalue weighted by Crippen LogP contribution is 2.27. The lowest BCUT2D eigenvalue weighted by Crippen LogP contribution is -2.44. The molecule has 10 heteroatoms. The molecule has 150 valence electrons. The zero-order valence-corrected chi connectivity index (χ0v) is 15.3. The Morgan fingerprint density at radius 3 is 2.52 bits per heavy atom. The third-order valence-electron chi connectivity index (χ3n) is 4.22. The molecule has 1 aromatic carbocycles. The lowest BCUT2D eigenvalue weighted by molar-refractivity contribution is -0.274. The fourth-order valence-corrected chi connectivity index (χ4v) is 3.13.